The van der Waals surface area contributed by atoms with Crippen molar-refractivity contribution >= 4 is 34.3 Å². The molecule has 0 saturated carbocycles. The molecule has 4 nitrogen and oxygen atoms in total. The van der Waals surface area contributed by atoms with Crippen molar-refractivity contribution in [2.45, 2.75) is 18.1 Å². The molecule has 158 valence electrons. The van der Waals surface area contributed by atoms with E-state index in [2.05, 4.69) is 10.3 Å². The third kappa shape index (κ3) is 4.29. The van der Waals surface area contributed by atoms with Crippen LogP contribution in [-0.2, 0) is 6.18 Å². The maximum absolute atomic E-state index is 13.9. The number of hydrogen-bond donors (Lipinski definition) is 1. The van der Waals surface area contributed by atoms with Crippen LogP contribution in [0.3, 0.4) is 0 Å². The summed E-state index contributed by atoms with van der Waals surface area (Å²) in [4.78, 5) is 17.4. The Morgan fingerprint density at radius 3 is 2.26 bits per heavy atom. The fraction of sp³-hybridized carbons (Fsp3) is 0.130. The number of alkyl halides is 3. The smallest absolute Gasteiger partial charge is 0.341 e. The Labute approximate surface area is 180 Å². The quantitative estimate of drug-likeness (QED) is 0.371. The normalized spacial score (nSPS) is 11.6. The molecule has 2 heterocycles. The second-order valence-corrected chi connectivity index (χ2v) is 7.98. The van der Waals surface area contributed by atoms with Gasteiger partial charge in [-0.15, -0.1) is 11.8 Å². The number of nitrogens with zero attached hydrogens (tertiary/aromatic N) is 2. The van der Waals surface area contributed by atoms with Gasteiger partial charge in [0.1, 0.15) is 5.82 Å². The van der Waals surface area contributed by atoms with Crippen LogP contribution in [0.1, 0.15) is 12.5 Å². The van der Waals surface area contributed by atoms with E-state index in [0.29, 0.717) is 22.9 Å². The first-order chi connectivity index (χ1) is 14.9. The highest BCUT2D eigenvalue weighted by Crippen LogP contribution is 2.37. The second-order valence-electron chi connectivity index (χ2n) is 6.69. The Balaban J connectivity index is 2.10. The summed E-state index contributed by atoms with van der Waals surface area (Å²) in [5.41, 5.74) is -0.475. The zero-order valence-corrected chi connectivity index (χ0v) is 17.3. The molecule has 0 fully saturated rings. The van der Waals surface area contributed by atoms with E-state index in [1.165, 1.54) is 17.8 Å². The van der Waals surface area contributed by atoms with Gasteiger partial charge >= 0.3 is 6.18 Å². The maximum Gasteiger partial charge on any atom is 0.417 e. The van der Waals surface area contributed by atoms with Gasteiger partial charge in [0.05, 0.1) is 16.0 Å². The lowest BCUT2D eigenvalue weighted by atomic mass is 10.1. The molecule has 4 aromatic rings. The van der Waals surface area contributed by atoms with E-state index in [4.69, 9.17) is 0 Å². The Morgan fingerprint density at radius 1 is 1.00 bits per heavy atom. The largest absolute Gasteiger partial charge is 0.417 e. The van der Waals surface area contributed by atoms with Crippen molar-refractivity contribution in [3.05, 3.63) is 88.6 Å². The molecular formula is C23H18F3N3OS. The minimum Gasteiger partial charge on any atom is -0.341 e. The van der Waals surface area contributed by atoms with Crippen LogP contribution >= 0.6 is 11.8 Å². The van der Waals surface area contributed by atoms with E-state index >= 15 is 0 Å². The van der Waals surface area contributed by atoms with E-state index < -0.39 is 22.6 Å². The third-order valence-corrected chi connectivity index (χ3v) is 5.40. The maximum atomic E-state index is 13.9. The van der Waals surface area contributed by atoms with Crippen molar-refractivity contribution in [3.8, 4) is 5.69 Å². The van der Waals surface area contributed by atoms with Gasteiger partial charge in [-0.2, -0.15) is 13.2 Å². The van der Waals surface area contributed by atoms with Crippen LogP contribution in [0, 0.1) is 0 Å². The number of nitrogens with one attached hydrogen (secondary N) is 1. The first-order valence-electron chi connectivity index (χ1n) is 9.57. The molecule has 0 aliphatic carbocycles. The number of pyridine rings is 2. The number of para-hydroxylation sites is 2. The molecular weight excluding hydrogens is 423 g/mol. The lowest BCUT2D eigenvalue weighted by Crippen LogP contribution is -2.18. The molecule has 2 aromatic carbocycles. The minimum atomic E-state index is -4.69. The average Bonchev–Trinajstić information content (AvgIpc) is 2.74. The molecule has 0 radical (unpaired) electrons. The first kappa shape index (κ1) is 21.0. The summed E-state index contributed by atoms with van der Waals surface area (Å²) in [6.45, 7) is 1.83. The second kappa shape index (κ2) is 8.47. The van der Waals surface area contributed by atoms with E-state index in [0.717, 1.165) is 6.07 Å². The van der Waals surface area contributed by atoms with Gasteiger partial charge in [-0.1, -0.05) is 43.3 Å². The van der Waals surface area contributed by atoms with Crippen LogP contribution in [0.2, 0.25) is 0 Å². The van der Waals surface area contributed by atoms with Crippen LogP contribution in [0.25, 0.3) is 16.7 Å². The van der Waals surface area contributed by atoms with Crippen LogP contribution in [0.4, 0.5) is 24.7 Å². The molecule has 0 bridgehead atoms. The summed E-state index contributed by atoms with van der Waals surface area (Å²) in [7, 11) is 0. The van der Waals surface area contributed by atoms with Gasteiger partial charge in [0, 0.05) is 17.4 Å². The minimum absolute atomic E-state index is 0.0390. The van der Waals surface area contributed by atoms with E-state index in [1.54, 1.807) is 28.8 Å². The SMILES string of the molecule is CCSc1cc(C(F)(F)F)c2c(=O)cc(Nc3ccccc3)n(-c3ccccc3)c2n1. The zero-order chi connectivity index (χ0) is 22.0. The summed E-state index contributed by atoms with van der Waals surface area (Å²) in [5, 5.41) is 2.91. The number of aromatic nitrogens is 2. The van der Waals surface area contributed by atoms with Gasteiger partial charge in [-0.25, -0.2) is 4.98 Å². The van der Waals surface area contributed by atoms with E-state index in [9.17, 15) is 18.0 Å². The molecule has 31 heavy (non-hydrogen) atoms. The molecule has 0 amide bonds. The average molecular weight is 441 g/mol. The molecule has 0 aliphatic rings. The number of thioether (sulfide) groups is 1. The molecule has 0 unspecified atom stereocenters. The zero-order valence-electron chi connectivity index (χ0n) is 16.5. The van der Waals surface area contributed by atoms with Gasteiger partial charge in [-0.3, -0.25) is 9.36 Å². The topological polar surface area (TPSA) is 46.9 Å². The molecule has 8 heteroatoms. The molecule has 2 aromatic heterocycles. The van der Waals surface area contributed by atoms with Gasteiger partial charge in [0.15, 0.2) is 11.1 Å². The van der Waals surface area contributed by atoms with Crippen molar-refractivity contribution in [3.63, 3.8) is 0 Å². The molecule has 0 saturated heterocycles. The lowest BCUT2D eigenvalue weighted by molar-refractivity contribution is -0.136. The van der Waals surface area contributed by atoms with Crippen molar-refractivity contribution in [1.29, 1.82) is 0 Å². The molecule has 1 N–H and O–H groups in total. The Bertz CT molecular complexity index is 1270. The Kier molecular flexibility index (Phi) is 5.73. The van der Waals surface area contributed by atoms with Crippen molar-refractivity contribution in [2.24, 2.45) is 0 Å². The molecule has 0 aliphatic heterocycles. The number of rotatable bonds is 5. The predicted octanol–water partition coefficient (Wildman–Crippen LogP) is 6.26. The third-order valence-electron chi connectivity index (χ3n) is 4.60. The summed E-state index contributed by atoms with van der Waals surface area (Å²) >= 11 is 1.19. The number of anilines is 2. The molecule has 4 rings (SSSR count). The molecule has 0 atom stereocenters. The number of hydrogen-bond acceptors (Lipinski definition) is 4. The highest BCUT2D eigenvalue weighted by atomic mass is 32.2. The van der Waals surface area contributed by atoms with Crippen LogP contribution in [-0.4, -0.2) is 15.3 Å². The molecule has 0 spiro atoms. The Morgan fingerprint density at radius 2 is 1.65 bits per heavy atom. The number of halogens is 3. The van der Waals surface area contributed by atoms with Crippen LogP contribution in [0.5, 0.6) is 0 Å². The number of benzene rings is 2. The van der Waals surface area contributed by atoms with Crippen LogP contribution < -0.4 is 10.7 Å². The van der Waals surface area contributed by atoms with Gasteiger partial charge < -0.3 is 5.32 Å². The lowest BCUT2D eigenvalue weighted by Gasteiger charge is -2.20. The van der Waals surface area contributed by atoms with E-state index in [-0.39, 0.29) is 10.7 Å². The van der Waals surface area contributed by atoms with Gasteiger partial charge in [0.25, 0.3) is 0 Å². The highest BCUT2D eigenvalue weighted by molar-refractivity contribution is 7.99. The summed E-state index contributed by atoms with van der Waals surface area (Å²) in [5.74, 6) is 0.877. The monoisotopic (exact) mass is 441 g/mol. The van der Waals surface area contributed by atoms with Crippen molar-refractivity contribution in [2.75, 3.05) is 11.1 Å². The van der Waals surface area contributed by atoms with Gasteiger partial charge in [0.2, 0.25) is 0 Å². The number of fused-ring (bicyclic) bond motifs is 1. The Hall–Kier alpha value is -3.26. The standard InChI is InChI=1S/C23H18F3N3OS/c1-2-31-20-13-17(23(24,25)26)21-18(30)14-19(27-15-9-5-3-6-10-15)29(22(21)28-20)16-11-7-4-8-12-16/h3-14,27H,2H2,1H3. The van der Waals surface area contributed by atoms with Crippen LogP contribution in [0.15, 0.2) is 82.6 Å². The summed E-state index contributed by atoms with van der Waals surface area (Å²) < 4.78 is 43.3. The first-order valence-corrected chi connectivity index (χ1v) is 10.6. The highest BCUT2D eigenvalue weighted by Gasteiger charge is 2.35. The summed E-state index contributed by atoms with van der Waals surface area (Å²) in [6, 6.07) is 20.1. The fourth-order valence-electron chi connectivity index (χ4n) is 3.33. The predicted molar refractivity (Wildman–Crippen MR) is 118 cm³/mol. The van der Waals surface area contributed by atoms with E-state index in [1.807, 2.05) is 43.3 Å². The summed E-state index contributed by atoms with van der Waals surface area (Å²) in [6.07, 6.45) is -4.69. The fourth-order valence-corrected chi connectivity index (χ4v) is 3.98. The van der Waals surface area contributed by atoms with Crippen molar-refractivity contribution < 1.29 is 13.2 Å². The van der Waals surface area contributed by atoms with Crippen molar-refractivity contribution in [1.82, 2.24) is 9.55 Å². The van der Waals surface area contributed by atoms with Gasteiger partial charge in [-0.05, 0) is 36.1 Å².